The van der Waals surface area contributed by atoms with Gasteiger partial charge in [-0.25, -0.2) is 8.78 Å². The van der Waals surface area contributed by atoms with Crippen LogP contribution in [0.25, 0.3) is 0 Å². The van der Waals surface area contributed by atoms with Gasteiger partial charge in [0.05, 0.1) is 18.1 Å². The summed E-state index contributed by atoms with van der Waals surface area (Å²) in [6.45, 7) is 7.37. The number of fused-ring (bicyclic) bond motifs is 1. The van der Waals surface area contributed by atoms with Crippen LogP contribution >= 0.6 is 0 Å². The molecule has 0 unspecified atom stereocenters. The van der Waals surface area contributed by atoms with E-state index in [1.54, 1.807) is 12.3 Å². The number of halogens is 2. The van der Waals surface area contributed by atoms with Crippen molar-refractivity contribution in [2.45, 2.75) is 20.0 Å². The number of benzene rings is 2. The Morgan fingerprint density at radius 1 is 1.23 bits per heavy atom. The van der Waals surface area contributed by atoms with E-state index in [9.17, 15) is 8.78 Å². The number of aliphatic imine (C=N–C) groups is 1. The van der Waals surface area contributed by atoms with Crippen LogP contribution in [0.15, 0.2) is 71.0 Å². The Labute approximate surface area is 179 Å². The minimum Gasteiger partial charge on any atom is -0.398 e. The summed E-state index contributed by atoms with van der Waals surface area (Å²) in [4.78, 5) is 6.15. The fourth-order valence-electron chi connectivity index (χ4n) is 3.73. The van der Waals surface area contributed by atoms with E-state index >= 15 is 0 Å². The molecule has 0 bridgehead atoms. The molecule has 0 aliphatic carbocycles. The maximum absolute atomic E-state index is 13.6. The molecule has 158 valence electrons. The van der Waals surface area contributed by atoms with E-state index in [2.05, 4.69) is 16.9 Å². The lowest BCUT2D eigenvalue weighted by Crippen LogP contribution is -2.31. The van der Waals surface area contributed by atoms with Crippen molar-refractivity contribution in [3.05, 3.63) is 94.4 Å². The minimum absolute atomic E-state index is 0.292. The van der Waals surface area contributed by atoms with Gasteiger partial charge in [-0.1, -0.05) is 18.2 Å². The highest BCUT2D eigenvalue weighted by Crippen LogP contribution is 2.33. The molecule has 0 radical (unpaired) electrons. The number of nitrogens with one attached hydrogen (secondary N) is 2. The number of hydrogen-bond acceptors (Lipinski definition) is 5. The lowest BCUT2D eigenvalue weighted by Gasteiger charge is -2.34. The number of hydrogen-bond donors (Lipinski definition) is 3. The molecule has 0 atom stereocenters. The summed E-state index contributed by atoms with van der Waals surface area (Å²) in [5.41, 5.74) is 11.7. The summed E-state index contributed by atoms with van der Waals surface area (Å²) in [7, 11) is 0. The van der Waals surface area contributed by atoms with Gasteiger partial charge in [-0.3, -0.25) is 10.4 Å². The van der Waals surface area contributed by atoms with Gasteiger partial charge in [0.15, 0.2) is 0 Å². The molecule has 31 heavy (non-hydrogen) atoms. The van der Waals surface area contributed by atoms with Crippen LogP contribution < -0.4 is 11.1 Å². The molecule has 7 heteroatoms. The topological polar surface area (TPSA) is 77.5 Å². The minimum atomic E-state index is -0.613. The van der Waals surface area contributed by atoms with E-state index in [1.807, 2.05) is 30.0 Å². The highest BCUT2D eigenvalue weighted by Gasteiger charge is 2.22. The van der Waals surface area contributed by atoms with Gasteiger partial charge in [-0.2, -0.15) is 0 Å². The Kier molecular flexibility index (Phi) is 5.42. The fraction of sp³-hybridized carbons (Fsp3) is 0.167. The van der Waals surface area contributed by atoms with Crippen LogP contribution in [0.5, 0.6) is 0 Å². The average Bonchev–Trinajstić information content (AvgIpc) is 2.91. The van der Waals surface area contributed by atoms with E-state index in [0.717, 1.165) is 28.5 Å². The van der Waals surface area contributed by atoms with Crippen molar-refractivity contribution < 1.29 is 8.78 Å². The number of nitrogens with two attached hydrogens (primary N) is 1. The maximum Gasteiger partial charge on any atom is 0.126 e. The molecule has 0 fully saturated rings. The van der Waals surface area contributed by atoms with Crippen LogP contribution in [-0.4, -0.2) is 23.4 Å². The molecule has 0 aromatic heterocycles. The molecule has 5 nitrogen and oxygen atoms in total. The number of rotatable bonds is 4. The summed E-state index contributed by atoms with van der Waals surface area (Å²) in [5, 5.41) is 11.9. The predicted octanol–water partition coefficient (Wildman–Crippen LogP) is 4.77. The third kappa shape index (κ3) is 4.40. The van der Waals surface area contributed by atoms with Crippen LogP contribution in [-0.2, 0) is 13.1 Å². The summed E-state index contributed by atoms with van der Waals surface area (Å²) in [6.07, 6.45) is 5.46. The SMILES string of the molecule is C=C1Nc2cc(N)c(C(=N)C3=CC=NCC(C)=C3)cc2CN1Cc1cc(F)cc(F)c1. The van der Waals surface area contributed by atoms with E-state index < -0.39 is 11.6 Å². The zero-order valence-electron chi connectivity index (χ0n) is 17.2. The first-order valence-corrected chi connectivity index (χ1v) is 9.85. The third-order valence-electron chi connectivity index (χ3n) is 5.25. The van der Waals surface area contributed by atoms with E-state index in [0.29, 0.717) is 48.0 Å². The lowest BCUT2D eigenvalue weighted by molar-refractivity contribution is 0.325. The fourth-order valence-corrected chi connectivity index (χ4v) is 3.73. The predicted molar refractivity (Wildman–Crippen MR) is 121 cm³/mol. The molecule has 2 aromatic carbocycles. The quantitative estimate of drug-likeness (QED) is 0.493. The normalized spacial score (nSPS) is 15.6. The second kappa shape index (κ2) is 8.18. The molecule has 2 aliphatic heterocycles. The van der Waals surface area contributed by atoms with Crippen molar-refractivity contribution in [3.8, 4) is 0 Å². The monoisotopic (exact) mass is 419 g/mol. The summed E-state index contributed by atoms with van der Waals surface area (Å²) in [5.74, 6) is -0.614. The number of nitrogen functional groups attached to an aromatic ring is 1. The Morgan fingerprint density at radius 2 is 1.97 bits per heavy atom. The molecule has 2 heterocycles. The smallest absolute Gasteiger partial charge is 0.126 e. The van der Waals surface area contributed by atoms with Crippen molar-refractivity contribution >= 4 is 23.3 Å². The van der Waals surface area contributed by atoms with Gasteiger partial charge in [-0.15, -0.1) is 0 Å². The molecule has 0 spiro atoms. The third-order valence-corrected chi connectivity index (χ3v) is 5.25. The van der Waals surface area contributed by atoms with Crippen LogP contribution in [0.2, 0.25) is 0 Å². The Hall–Kier alpha value is -3.74. The molecule has 2 aromatic rings. The largest absolute Gasteiger partial charge is 0.398 e. The molecular weight excluding hydrogens is 396 g/mol. The van der Waals surface area contributed by atoms with Gasteiger partial charge >= 0.3 is 0 Å². The van der Waals surface area contributed by atoms with Crippen molar-refractivity contribution in [2.24, 2.45) is 4.99 Å². The van der Waals surface area contributed by atoms with Gasteiger partial charge in [0.25, 0.3) is 0 Å². The number of nitrogens with zero attached hydrogens (tertiary/aromatic N) is 2. The van der Waals surface area contributed by atoms with Crippen LogP contribution in [0, 0.1) is 17.0 Å². The molecule has 0 amide bonds. The first-order chi connectivity index (χ1) is 14.8. The average molecular weight is 419 g/mol. The zero-order chi connectivity index (χ0) is 22.1. The molecule has 2 aliphatic rings. The zero-order valence-corrected chi connectivity index (χ0v) is 17.2. The Balaban J connectivity index is 1.63. The maximum atomic E-state index is 13.6. The van der Waals surface area contributed by atoms with E-state index in [1.165, 1.54) is 12.1 Å². The van der Waals surface area contributed by atoms with Gasteiger partial charge < -0.3 is 16.0 Å². The van der Waals surface area contributed by atoms with Crippen LogP contribution in [0.1, 0.15) is 23.6 Å². The first kappa shape index (κ1) is 20.5. The second-order valence-corrected chi connectivity index (χ2v) is 7.78. The molecule has 4 N–H and O–H groups in total. The van der Waals surface area contributed by atoms with Gasteiger partial charge in [0, 0.05) is 47.9 Å². The van der Waals surface area contributed by atoms with Gasteiger partial charge in [0.1, 0.15) is 11.6 Å². The van der Waals surface area contributed by atoms with Crippen molar-refractivity contribution in [1.82, 2.24) is 4.90 Å². The molecular formula is C24H23F2N5. The van der Waals surface area contributed by atoms with Crippen LogP contribution in [0.4, 0.5) is 20.2 Å². The molecule has 0 saturated carbocycles. The Bertz CT molecular complexity index is 1160. The van der Waals surface area contributed by atoms with Gasteiger partial charge in [0.2, 0.25) is 0 Å². The van der Waals surface area contributed by atoms with Crippen molar-refractivity contribution in [1.29, 1.82) is 5.41 Å². The highest BCUT2D eigenvalue weighted by atomic mass is 19.1. The second-order valence-electron chi connectivity index (χ2n) is 7.78. The summed E-state index contributed by atoms with van der Waals surface area (Å²) >= 11 is 0. The summed E-state index contributed by atoms with van der Waals surface area (Å²) < 4.78 is 27.2. The standard InChI is InChI=1S/C24H23F2N5/c1-14-5-17(3-4-29-11-14)24(28)21-8-18-13-31(15(2)30-23(18)10-22(21)27)12-16-6-19(25)9-20(26)7-16/h3-10,28,30H,2,11-13,27H2,1H3. The molecule has 0 saturated heterocycles. The number of allylic oxidation sites excluding steroid dienone is 3. The van der Waals surface area contributed by atoms with Crippen LogP contribution in [0.3, 0.4) is 0 Å². The number of anilines is 2. The van der Waals surface area contributed by atoms with E-state index in [4.69, 9.17) is 11.1 Å². The summed E-state index contributed by atoms with van der Waals surface area (Å²) in [6, 6.07) is 7.16. The van der Waals surface area contributed by atoms with Crippen molar-refractivity contribution in [2.75, 3.05) is 17.6 Å². The molecule has 4 rings (SSSR count). The Morgan fingerprint density at radius 3 is 2.71 bits per heavy atom. The first-order valence-electron chi connectivity index (χ1n) is 9.85. The van der Waals surface area contributed by atoms with E-state index in [-0.39, 0.29) is 0 Å². The van der Waals surface area contributed by atoms with Gasteiger partial charge in [-0.05, 0) is 48.4 Å². The van der Waals surface area contributed by atoms with Crippen molar-refractivity contribution in [3.63, 3.8) is 0 Å². The highest BCUT2D eigenvalue weighted by molar-refractivity contribution is 6.17. The lowest BCUT2D eigenvalue weighted by atomic mass is 9.95.